The van der Waals surface area contributed by atoms with Gasteiger partial charge in [0, 0.05) is 25.2 Å². The summed E-state index contributed by atoms with van der Waals surface area (Å²) in [5.41, 5.74) is 8.98. The molecule has 2 rings (SSSR count). The molecular weight excluding hydrogens is 248 g/mol. The fourth-order valence-electron chi connectivity index (χ4n) is 1.86. The van der Waals surface area contributed by atoms with Crippen molar-refractivity contribution in [3.8, 4) is 0 Å². The molecule has 2 aromatic rings. The lowest BCUT2D eigenvalue weighted by Crippen LogP contribution is -2.16. The molecule has 0 saturated heterocycles. The van der Waals surface area contributed by atoms with Crippen LogP contribution in [0.4, 0.5) is 5.69 Å². The zero-order valence-corrected chi connectivity index (χ0v) is 11.3. The summed E-state index contributed by atoms with van der Waals surface area (Å²) in [5.74, 6) is 0. The Morgan fingerprint density at radius 1 is 1.39 bits per heavy atom. The molecule has 0 aliphatic heterocycles. The first kappa shape index (κ1) is 13.0. The van der Waals surface area contributed by atoms with Crippen LogP contribution >= 0.6 is 11.6 Å². The van der Waals surface area contributed by atoms with Gasteiger partial charge < -0.3 is 15.1 Å². The van der Waals surface area contributed by atoms with Crippen LogP contribution in [0.2, 0.25) is 5.02 Å². The van der Waals surface area contributed by atoms with E-state index in [2.05, 4.69) is 4.90 Å². The summed E-state index contributed by atoms with van der Waals surface area (Å²) in [6.45, 7) is 2.70. The van der Waals surface area contributed by atoms with Gasteiger partial charge in [-0.2, -0.15) is 0 Å². The standard InChI is InChI=1S/C14H17ClN2O/c1-10(16)12-3-4-14(13(15)7-12)17(2)8-11-5-6-18-9-11/h3-7,9-10H,8,16H2,1-2H3. The van der Waals surface area contributed by atoms with Crippen LogP contribution < -0.4 is 10.6 Å². The predicted octanol–water partition coefficient (Wildman–Crippen LogP) is 3.59. The van der Waals surface area contributed by atoms with Crippen LogP contribution in [0.25, 0.3) is 0 Å². The molecule has 0 bridgehead atoms. The van der Waals surface area contributed by atoms with Crippen molar-refractivity contribution in [2.24, 2.45) is 5.73 Å². The van der Waals surface area contributed by atoms with Gasteiger partial charge >= 0.3 is 0 Å². The number of furan rings is 1. The van der Waals surface area contributed by atoms with Crippen molar-refractivity contribution in [1.82, 2.24) is 0 Å². The van der Waals surface area contributed by atoms with Crippen LogP contribution in [0.3, 0.4) is 0 Å². The van der Waals surface area contributed by atoms with E-state index in [0.29, 0.717) is 0 Å². The fraction of sp³-hybridized carbons (Fsp3) is 0.286. The van der Waals surface area contributed by atoms with Crippen LogP contribution in [0.15, 0.2) is 41.2 Å². The van der Waals surface area contributed by atoms with Crippen LogP contribution in [0.5, 0.6) is 0 Å². The van der Waals surface area contributed by atoms with E-state index in [4.69, 9.17) is 21.8 Å². The molecule has 1 heterocycles. The minimum absolute atomic E-state index is 0.00395. The molecule has 0 aliphatic carbocycles. The van der Waals surface area contributed by atoms with Crippen molar-refractivity contribution in [3.63, 3.8) is 0 Å². The second-order valence-corrected chi connectivity index (χ2v) is 4.89. The summed E-state index contributed by atoms with van der Waals surface area (Å²) < 4.78 is 5.06. The molecule has 0 spiro atoms. The molecule has 1 atom stereocenters. The summed E-state index contributed by atoms with van der Waals surface area (Å²) in [5, 5.41) is 0.718. The normalized spacial score (nSPS) is 12.4. The quantitative estimate of drug-likeness (QED) is 0.918. The second-order valence-electron chi connectivity index (χ2n) is 4.49. The van der Waals surface area contributed by atoms with Gasteiger partial charge in [0.2, 0.25) is 0 Å². The molecule has 1 aromatic carbocycles. The van der Waals surface area contributed by atoms with Gasteiger partial charge in [-0.25, -0.2) is 0 Å². The Bertz CT molecular complexity index is 509. The van der Waals surface area contributed by atoms with E-state index in [1.807, 2.05) is 38.2 Å². The number of anilines is 1. The average Bonchev–Trinajstić information content (AvgIpc) is 2.81. The number of halogens is 1. The highest BCUT2D eigenvalue weighted by atomic mass is 35.5. The van der Waals surface area contributed by atoms with E-state index < -0.39 is 0 Å². The number of nitrogens with two attached hydrogens (primary N) is 1. The Morgan fingerprint density at radius 3 is 2.72 bits per heavy atom. The number of benzene rings is 1. The molecule has 4 heteroatoms. The van der Waals surface area contributed by atoms with Gasteiger partial charge in [0.25, 0.3) is 0 Å². The van der Waals surface area contributed by atoms with Gasteiger partial charge in [-0.05, 0) is 30.7 Å². The van der Waals surface area contributed by atoms with Crippen molar-refractivity contribution in [3.05, 3.63) is 52.9 Å². The summed E-state index contributed by atoms with van der Waals surface area (Å²) in [7, 11) is 2.00. The number of hydrogen-bond acceptors (Lipinski definition) is 3. The SMILES string of the molecule is CC(N)c1ccc(N(C)Cc2ccoc2)c(Cl)c1. The lowest BCUT2D eigenvalue weighted by atomic mass is 10.1. The lowest BCUT2D eigenvalue weighted by Gasteiger charge is -2.20. The smallest absolute Gasteiger partial charge is 0.0952 e. The minimum Gasteiger partial charge on any atom is -0.472 e. The van der Waals surface area contributed by atoms with Gasteiger partial charge in [0.1, 0.15) is 0 Å². The molecule has 1 unspecified atom stereocenters. The zero-order valence-electron chi connectivity index (χ0n) is 10.6. The van der Waals surface area contributed by atoms with Crippen LogP contribution in [0.1, 0.15) is 24.1 Å². The Balaban J connectivity index is 2.17. The minimum atomic E-state index is -0.00395. The van der Waals surface area contributed by atoms with E-state index in [1.54, 1.807) is 12.5 Å². The largest absolute Gasteiger partial charge is 0.472 e. The van der Waals surface area contributed by atoms with Crippen molar-refractivity contribution in [2.75, 3.05) is 11.9 Å². The molecule has 0 saturated carbocycles. The maximum absolute atomic E-state index is 6.29. The second kappa shape index (κ2) is 5.46. The van der Waals surface area contributed by atoms with E-state index in [1.165, 1.54) is 0 Å². The average molecular weight is 265 g/mol. The number of hydrogen-bond donors (Lipinski definition) is 1. The maximum Gasteiger partial charge on any atom is 0.0952 e. The first-order chi connectivity index (χ1) is 8.58. The summed E-state index contributed by atoms with van der Waals surface area (Å²) in [6, 6.07) is 7.88. The van der Waals surface area contributed by atoms with Crippen molar-refractivity contribution in [1.29, 1.82) is 0 Å². The molecule has 1 aromatic heterocycles. The molecule has 0 amide bonds. The van der Waals surface area contributed by atoms with Gasteiger partial charge in [-0.1, -0.05) is 17.7 Å². The summed E-state index contributed by atoms with van der Waals surface area (Å²) in [6.07, 6.45) is 3.41. The zero-order chi connectivity index (χ0) is 13.1. The Hall–Kier alpha value is -1.45. The third-order valence-corrected chi connectivity index (χ3v) is 3.21. The fourth-order valence-corrected chi connectivity index (χ4v) is 2.19. The van der Waals surface area contributed by atoms with Crippen LogP contribution in [0, 0.1) is 0 Å². The van der Waals surface area contributed by atoms with Gasteiger partial charge in [-0.3, -0.25) is 0 Å². The topological polar surface area (TPSA) is 42.4 Å². The van der Waals surface area contributed by atoms with Gasteiger partial charge in [-0.15, -0.1) is 0 Å². The summed E-state index contributed by atoms with van der Waals surface area (Å²) >= 11 is 6.29. The Labute approximate surface area is 112 Å². The molecule has 0 radical (unpaired) electrons. The third-order valence-electron chi connectivity index (χ3n) is 2.91. The highest BCUT2D eigenvalue weighted by Crippen LogP contribution is 2.28. The lowest BCUT2D eigenvalue weighted by molar-refractivity contribution is 0.563. The van der Waals surface area contributed by atoms with Gasteiger partial charge in [0.15, 0.2) is 0 Å². The number of nitrogens with zero attached hydrogens (tertiary/aromatic N) is 1. The molecular formula is C14H17ClN2O. The molecule has 0 fully saturated rings. The van der Waals surface area contributed by atoms with Crippen molar-refractivity contribution < 1.29 is 4.42 Å². The van der Waals surface area contributed by atoms with Crippen molar-refractivity contribution in [2.45, 2.75) is 19.5 Å². The highest BCUT2D eigenvalue weighted by Gasteiger charge is 2.09. The first-order valence-electron chi connectivity index (χ1n) is 5.85. The van der Waals surface area contributed by atoms with Crippen molar-refractivity contribution >= 4 is 17.3 Å². The maximum atomic E-state index is 6.29. The molecule has 2 N–H and O–H groups in total. The first-order valence-corrected chi connectivity index (χ1v) is 6.23. The highest BCUT2D eigenvalue weighted by molar-refractivity contribution is 6.33. The van der Waals surface area contributed by atoms with E-state index in [-0.39, 0.29) is 6.04 Å². The van der Waals surface area contributed by atoms with Crippen LogP contribution in [-0.2, 0) is 6.54 Å². The monoisotopic (exact) mass is 264 g/mol. The Morgan fingerprint density at radius 2 is 2.17 bits per heavy atom. The summed E-state index contributed by atoms with van der Waals surface area (Å²) in [4.78, 5) is 2.08. The van der Waals surface area contributed by atoms with Gasteiger partial charge in [0.05, 0.1) is 23.2 Å². The number of rotatable bonds is 4. The van der Waals surface area contributed by atoms with E-state index in [0.717, 1.165) is 28.4 Å². The third kappa shape index (κ3) is 2.86. The molecule has 18 heavy (non-hydrogen) atoms. The van der Waals surface area contributed by atoms with E-state index in [9.17, 15) is 0 Å². The Kier molecular flexibility index (Phi) is 3.94. The molecule has 0 aliphatic rings. The molecule has 3 nitrogen and oxygen atoms in total. The predicted molar refractivity (Wildman–Crippen MR) is 74.9 cm³/mol. The molecule has 96 valence electrons. The van der Waals surface area contributed by atoms with E-state index >= 15 is 0 Å². The van der Waals surface area contributed by atoms with Crippen LogP contribution in [-0.4, -0.2) is 7.05 Å².